The third-order valence-corrected chi connectivity index (χ3v) is 5.52. The van der Waals surface area contributed by atoms with Crippen molar-refractivity contribution in [3.8, 4) is 0 Å². The van der Waals surface area contributed by atoms with Crippen molar-refractivity contribution >= 4 is 107 Å². The van der Waals surface area contributed by atoms with E-state index in [9.17, 15) is 0 Å². The molecule has 1 rings (SSSR count). The SMILES string of the molecule is BrC(Br)(Br)c1ccsc1C(Br)(Br)Br. The summed E-state index contributed by atoms with van der Waals surface area (Å²) in [5.41, 5.74) is 1.11. The Morgan fingerprint density at radius 2 is 1.46 bits per heavy atom. The topological polar surface area (TPSA) is 0 Å². The highest BCUT2D eigenvalue weighted by atomic mass is 80.0. The van der Waals surface area contributed by atoms with Gasteiger partial charge in [0.15, 0.2) is 4.29 Å². The van der Waals surface area contributed by atoms with Crippen LogP contribution in [0.4, 0.5) is 0 Å². The first-order valence-corrected chi connectivity index (χ1v) is 8.58. The van der Waals surface area contributed by atoms with Crippen LogP contribution in [0, 0.1) is 0 Å². The van der Waals surface area contributed by atoms with Gasteiger partial charge in [0.1, 0.15) is 0 Å². The highest BCUT2D eigenvalue weighted by Gasteiger charge is 2.33. The number of alkyl halides is 6. The van der Waals surface area contributed by atoms with Gasteiger partial charge in [0, 0.05) is 10.4 Å². The quantitative estimate of drug-likeness (QED) is 0.312. The van der Waals surface area contributed by atoms with Crippen LogP contribution in [0.15, 0.2) is 11.4 Å². The second-order valence-electron chi connectivity index (χ2n) is 2.16. The summed E-state index contributed by atoms with van der Waals surface area (Å²) in [6.45, 7) is 0. The van der Waals surface area contributed by atoms with E-state index in [4.69, 9.17) is 0 Å². The van der Waals surface area contributed by atoms with Gasteiger partial charge < -0.3 is 0 Å². The van der Waals surface area contributed by atoms with Crippen LogP contribution in [0.25, 0.3) is 0 Å². The second kappa shape index (κ2) is 4.84. The van der Waals surface area contributed by atoms with Gasteiger partial charge >= 0.3 is 0 Å². The predicted octanol–water partition coefficient (Wildman–Crippen LogP) is 6.34. The van der Waals surface area contributed by atoms with Gasteiger partial charge in [-0.15, -0.1) is 11.3 Å². The fourth-order valence-corrected chi connectivity index (χ4v) is 4.44. The van der Waals surface area contributed by atoms with Crippen molar-refractivity contribution in [3.63, 3.8) is 0 Å². The number of hydrogen-bond acceptors (Lipinski definition) is 1. The molecule has 0 amide bonds. The first-order valence-electron chi connectivity index (χ1n) is 2.95. The van der Waals surface area contributed by atoms with Crippen molar-refractivity contribution in [2.45, 2.75) is 4.29 Å². The summed E-state index contributed by atoms with van der Waals surface area (Å²) in [6, 6.07) is 2.04. The lowest BCUT2D eigenvalue weighted by Crippen LogP contribution is -2.05. The Bertz CT molecular complexity index is 264. The molecule has 0 unspecified atom stereocenters. The van der Waals surface area contributed by atoms with Crippen LogP contribution in [0.5, 0.6) is 0 Å². The molecule has 0 aliphatic heterocycles. The van der Waals surface area contributed by atoms with E-state index in [1.807, 2.05) is 11.4 Å². The highest BCUT2D eigenvalue weighted by Crippen LogP contribution is 2.55. The Morgan fingerprint density at radius 1 is 0.923 bits per heavy atom. The van der Waals surface area contributed by atoms with Gasteiger partial charge in [-0.05, 0) is 11.4 Å². The molecule has 7 heteroatoms. The number of thiophene rings is 1. The minimum atomic E-state index is -0.372. The molecule has 1 aromatic rings. The molecule has 74 valence electrons. The van der Waals surface area contributed by atoms with E-state index in [1.165, 1.54) is 0 Å². The molecule has 13 heavy (non-hydrogen) atoms. The molecule has 0 aliphatic rings. The molecule has 1 aromatic heterocycles. The van der Waals surface area contributed by atoms with E-state index < -0.39 is 0 Å². The summed E-state index contributed by atoms with van der Waals surface area (Å²) in [7, 11) is 0. The summed E-state index contributed by atoms with van der Waals surface area (Å²) in [4.78, 5) is 1.14. The van der Waals surface area contributed by atoms with Crippen LogP contribution in [-0.2, 0) is 4.29 Å². The van der Waals surface area contributed by atoms with Crippen LogP contribution in [0.2, 0.25) is 0 Å². The molecule has 0 spiro atoms. The molecule has 0 aliphatic carbocycles. The zero-order valence-electron chi connectivity index (χ0n) is 5.83. The predicted molar refractivity (Wildman–Crippen MR) is 81.2 cm³/mol. The molecule has 0 nitrogen and oxygen atoms in total. The maximum atomic E-state index is 3.49. The van der Waals surface area contributed by atoms with E-state index >= 15 is 0 Å². The molecule has 0 saturated carbocycles. The first kappa shape index (κ1) is 13.6. The maximum absolute atomic E-state index is 3.49. The van der Waals surface area contributed by atoms with Crippen LogP contribution < -0.4 is 0 Å². The Balaban J connectivity index is 3.19. The van der Waals surface area contributed by atoms with Gasteiger partial charge in [0.2, 0.25) is 0 Å². The minimum Gasteiger partial charge on any atom is -0.145 e. The molecule has 0 N–H and O–H groups in total. The Morgan fingerprint density at radius 3 is 1.77 bits per heavy atom. The van der Waals surface area contributed by atoms with Crippen molar-refractivity contribution in [3.05, 3.63) is 21.9 Å². The maximum Gasteiger partial charge on any atom is 0.169 e. The van der Waals surface area contributed by atoms with Crippen molar-refractivity contribution < 1.29 is 0 Å². The molecule has 0 fully saturated rings. The molecule has 0 bridgehead atoms. The summed E-state index contributed by atoms with van der Waals surface area (Å²) in [6.07, 6.45) is 0. The molecule has 0 aromatic carbocycles. The molecule has 0 atom stereocenters. The largest absolute Gasteiger partial charge is 0.169 e. The zero-order chi connectivity index (χ0) is 10.3. The summed E-state index contributed by atoms with van der Waals surface area (Å²) in [5, 5.41) is 2.03. The standard InChI is InChI=1S/C6H2Br6S/c7-5(8,9)3-1-2-13-4(3)6(10,11)12/h1-2H. The molecule has 0 radical (unpaired) electrons. The van der Waals surface area contributed by atoms with Gasteiger partial charge in [-0.3, -0.25) is 0 Å². The molecule has 0 saturated heterocycles. The van der Waals surface area contributed by atoms with Crippen molar-refractivity contribution in [1.29, 1.82) is 0 Å². The number of halogens is 6. The number of rotatable bonds is 0. The van der Waals surface area contributed by atoms with Crippen LogP contribution in [-0.4, -0.2) is 0 Å². The molecular formula is C6H2Br6S. The minimum absolute atomic E-state index is 0.364. The normalized spacial score (nSPS) is 13.4. The van der Waals surface area contributed by atoms with Gasteiger partial charge in [-0.2, -0.15) is 0 Å². The first-order chi connectivity index (χ1) is 5.73. The van der Waals surface area contributed by atoms with Crippen LogP contribution in [0.3, 0.4) is 0 Å². The number of hydrogen-bond donors (Lipinski definition) is 0. The molecule has 1 heterocycles. The molecular weight excluding hydrogens is 584 g/mol. The van der Waals surface area contributed by atoms with E-state index in [1.54, 1.807) is 11.3 Å². The monoisotopic (exact) mass is 579 g/mol. The van der Waals surface area contributed by atoms with Gasteiger partial charge in [-0.25, -0.2) is 0 Å². The van der Waals surface area contributed by atoms with Gasteiger partial charge in [-0.1, -0.05) is 95.6 Å². The second-order valence-corrected chi connectivity index (χ2v) is 16.6. The highest BCUT2D eigenvalue weighted by molar-refractivity contribution is 9.39. The smallest absolute Gasteiger partial charge is 0.145 e. The third-order valence-electron chi connectivity index (χ3n) is 1.23. The van der Waals surface area contributed by atoms with Crippen molar-refractivity contribution in [2.24, 2.45) is 0 Å². The van der Waals surface area contributed by atoms with Crippen LogP contribution >= 0.6 is 107 Å². The average molecular weight is 586 g/mol. The van der Waals surface area contributed by atoms with E-state index in [-0.39, 0.29) is 4.29 Å². The summed E-state index contributed by atoms with van der Waals surface area (Å²) < 4.78 is -0.736. The Kier molecular flexibility index (Phi) is 5.08. The van der Waals surface area contributed by atoms with E-state index in [0.29, 0.717) is 0 Å². The Hall–Kier alpha value is 2.58. The lowest BCUT2D eigenvalue weighted by Gasteiger charge is -2.18. The summed E-state index contributed by atoms with van der Waals surface area (Å²) in [5.74, 6) is 0. The van der Waals surface area contributed by atoms with Crippen molar-refractivity contribution in [2.75, 3.05) is 0 Å². The fraction of sp³-hybridized carbons (Fsp3) is 0.333. The third kappa shape index (κ3) is 3.82. The average Bonchev–Trinajstić information content (AvgIpc) is 2.27. The van der Waals surface area contributed by atoms with Crippen LogP contribution in [0.1, 0.15) is 10.4 Å². The zero-order valence-corrected chi connectivity index (χ0v) is 16.2. The summed E-state index contributed by atoms with van der Waals surface area (Å²) >= 11 is 22.6. The fourth-order valence-electron chi connectivity index (χ4n) is 0.752. The van der Waals surface area contributed by atoms with Gasteiger partial charge in [0.25, 0.3) is 0 Å². The van der Waals surface area contributed by atoms with Crippen molar-refractivity contribution in [1.82, 2.24) is 0 Å². The van der Waals surface area contributed by atoms with E-state index in [0.717, 1.165) is 10.4 Å². The van der Waals surface area contributed by atoms with Gasteiger partial charge in [0.05, 0.1) is 0 Å². The van der Waals surface area contributed by atoms with E-state index in [2.05, 4.69) is 95.6 Å². The lowest BCUT2D eigenvalue weighted by molar-refractivity contribution is 1.31. The Labute approximate surface area is 131 Å². The lowest BCUT2D eigenvalue weighted by atomic mass is 10.3.